The third kappa shape index (κ3) is 2.30. The molecule has 0 aliphatic rings. The summed E-state index contributed by atoms with van der Waals surface area (Å²) in [5.74, 6) is 0.450. The molecule has 0 spiro atoms. The Balaban J connectivity index is 1.97. The molecular weight excluding hydrogens is 278 g/mol. The summed E-state index contributed by atoms with van der Waals surface area (Å²) in [6.45, 7) is 0. The van der Waals surface area contributed by atoms with Crippen LogP contribution in [0, 0.1) is 0 Å². The van der Waals surface area contributed by atoms with E-state index in [1.807, 2.05) is 41.9 Å². The molecule has 3 rings (SSSR count). The van der Waals surface area contributed by atoms with E-state index in [1.165, 1.54) is 0 Å². The number of imidazole rings is 1. The first-order valence-corrected chi connectivity index (χ1v) is 6.94. The van der Waals surface area contributed by atoms with Crippen molar-refractivity contribution in [3.63, 3.8) is 0 Å². The van der Waals surface area contributed by atoms with Gasteiger partial charge in [-0.25, -0.2) is 4.98 Å². The molecule has 0 atom stereocenters. The van der Waals surface area contributed by atoms with Crippen LogP contribution in [0.25, 0.3) is 11.0 Å². The molecule has 1 aromatic heterocycles. The second-order valence-electron chi connectivity index (χ2n) is 5.09. The summed E-state index contributed by atoms with van der Waals surface area (Å²) in [4.78, 5) is 18.6. The lowest BCUT2D eigenvalue weighted by molar-refractivity contribution is 0.0990. The molecule has 0 aliphatic heterocycles. The maximum Gasteiger partial charge on any atom is 0.261 e. The highest BCUT2D eigenvalue weighted by molar-refractivity contribution is 6.08. The van der Waals surface area contributed by atoms with Crippen molar-refractivity contribution in [1.82, 2.24) is 9.55 Å². The Hall–Kier alpha value is -2.82. The van der Waals surface area contributed by atoms with E-state index in [1.54, 1.807) is 37.5 Å². The normalized spacial score (nSPS) is 10.7. The zero-order chi connectivity index (χ0) is 15.7. The van der Waals surface area contributed by atoms with Crippen LogP contribution in [0.15, 0.2) is 48.8 Å². The van der Waals surface area contributed by atoms with Gasteiger partial charge in [-0.1, -0.05) is 12.1 Å². The van der Waals surface area contributed by atoms with Gasteiger partial charge in [-0.05, 0) is 30.3 Å². The van der Waals surface area contributed by atoms with E-state index < -0.39 is 0 Å². The van der Waals surface area contributed by atoms with Crippen LogP contribution in [0.2, 0.25) is 0 Å². The predicted octanol–water partition coefficient (Wildman–Crippen LogP) is 2.86. The first-order valence-electron chi connectivity index (χ1n) is 6.94. The monoisotopic (exact) mass is 295 g/mol. The van der Waals surface area contributed by atoms with E-state index >= 15 is 0 Å². The fourth-order valence-corrected chi connectivity index (χ4v) is 2.45. The van der Waals surface area contributed by atoms with Gasteiger partial charge in [0.1, 0.15) is 5.75 Å². The maximum absolute atomic E-state index is 12.7. The van der Waals surface area contributed by atoms with Crippen molar-refractivity contribution in [2.45, 2.75) is 0 Å². The number of aryl methyl sites for hydroxylation is 1. The SMILES string of the molecule is COc1ccccc1C(=O)N(C)c1ccc2c(c1)ncn2C. The molecule has 0 N–H and O–H groups in total. The number of carbonyl (C=O) groups excluding carboxylic acids is 1. The largest absolute Gasteiger partial charge is 0.496 e. The zero-order valence-electron chi connectivity index (χ0n) is 12.8. The van der Waals surface area contributed by atoms with Crippen LogP contribution < -0.4 is 9.64 Å². The van der Waals surface area contributed by atoms with Crippen LogP contribution in [0.5, 0.6) is 5.75 Å². The van der Waals surface area contributed by atoms with E-state index in [0.717, 1.165) is 16.7 Å². The number of fused-ring (bicyclic) bond motifs is 1. The first-order chi connectivity index (χ1) is 10.6. The van der Waals surface area contributed by atoms with Crippen molar-refractivity contribution in [1.29, 1.82) is 0 Å². The second-order valence-corrected chi connectivity index (χ2v) is 5.09. The molecule has 5 nitrogen and oxygen atoms in total. The van der Waals surface area contributed by atoms with Crippen LogP contribution in [0.3, 0.4) is 0 Å². The van der Waals surface area contributed by atoms with E-state index in [9.17, 15) is 4.79 Å². The van der Waals surface area contributed by atoms with Crippen molar-refractivity contribution < 1.29 is 9.53 Å². The number of hydrogen-bond donors (Lipinski definition) is 0. The quantitative estimate of drug-likeness (QED) is 0.746. The summed E-state index contributed by atoms with van der Waals surface area (Å²) >= 11 is 0. The van der Waals surface area contributed by atoms with Gasteiger partial charge in [-0.15, -0.1) is 0 Å². The fourth-order valence-electron chi connectivity index (χ4n) is 2.45. The van der Waals surface area contributed by atoms with Crippen LogP contribution >= 0.6 is 0 Å². The summed E-state index contributed by atoms with van der Waals surface area (Å²) in [6, 6.07) is 13.0. The molecule has 1 heterocycles. The molecule has 22 heavy (non-hydrogen) atoms. The lowest BCUT2D eigenvalue weighted by Crippen LogP contribution is -2.26. The minimum Gasteiger partial charge on any atom is -0.496 e. The van der Waals surface area contributed by atoms with Gasteiger partial charge in [-0.3, -0.25) is 4.79 Å². The van der Waals surface area contributed by atoms with Crippen molar-refractivity contribution in [2.24, 2.45) is 7.05 Å². The lowest BCUT2D eigenvalue weighted by atomic mass is 10.1. The highest BCUT2D eigenvalue weighted by atomic mass is 16.5. The minimum atomic E-state index is -0.118. The zero-order valence-corrected chi connectivity index (χ0v) is 12.8. The number of benzene rings is 2. The number of para-hydroxylation sites is 1. The number of amides is 1. The van der Waals surface area contributed by atoms with Crippen LogP contribution in [0.4, 0.5) is 5.69 Å². The predicted molar refractivity (Wildman–Crippen MR) is 86.4 cm³/mol. The van der Waals surface area contributed by atoms with E-state index in [4.69, 9.17) is 4.74 Å². The molecule has 0 saturated carbocycles. The maximum atomic E-state index is 12.7. The number of methoxy groups -OCH3 is 1. The molecule has 2 aromatic carbocycles. The topological polar surface area (TPSA) is 47.4 Å². The number of aromatic nitrogens is 2. The highest BCUT2D eigenvalue weighted by Gasteiger charge is 2.18. The summed E-state index contributed by atoms with van der Waals surface area (Å²) < 4.78 is 7.21. The Morgan fingerprint density at radius 2 is 2.00 bits per heavy atom. The van der Waals surface area contributed by atoms with Gasteiger partial charge in [0.25, 0.3) is 5.91 Å². The molecule has 5 heteroatoms. The van der Waals surface area contributed by atoms with Crippen LogP contribution in [0.1, 0.15) is 10.4 Å². The molecule has 0 unspecified atom stereocenters. The van der Waals surface area contributed by atoms with E-state index in [2.05, 4.69) is 4.98 Å². The van der Waals surface area contributed by atoms with Gasteiger partial charge >= 0.3 is 0 Å². The van der Waals surface area contributed by atoms with Crippen LogP contribution in [-0.4, -0.2) is 29.6 Å². The number of hydrogen-bond acceptors (Lipinski definition) is 3. The summed E-state index contributed by atoms with van der Waals surface area (Å²) in [7, 11) is 5.25. The Morgan fingerprint density at radius 1 is 1.23 bits per heavy atom. The van der Waals surface area contributed by atoms with Crippen molar-refractivity contribution in [3.8, 4) is 5.75 Å². The molecule has 0 fully saturated rings. The molecule has 0 radical (unpaired) electrons. The van der Waals surface area contributed by atoms with Gasteiger partial charge < -0.3 is 14.2 Å². The molecule has 0 aliphatic carbocycles. The van der Waals surface area contributed by atoms with Crippen molar-refractivity contribution in [2.75, 3.05) is 19.1 Å². The van der Waals surface area contributed by atoms with Gasteiger partial charge in [-0.2, -0.15) is 0 Å². The fraction of sp³-hybridized carbons (Fsp3) is 0.176. The van der Waals surface area contributed by atoms with Crippen molar-refractivity contribution >= 4 is 22.6 Å². The van der Waals surface area contributed by atoms with Gasteiger partial charge in [0.2, 0.25) is 0 Å². The second kappa shape index (κ2) is 5.52. The number of carbonyl (C=O) groups is 1. The molecule has 3 aromatic rings. The Kier molecular flexibility index (Phi) is 3.55. The molecular formula is C17H17N3O2. The Labute approximate surface area is 128 Å². The summed E-state index contributed by atoms with van der Waals surface area (Å²) in [5, 5.41) is 0. The first kappa shape index (κ1) is 14.1. The minimum absolute atomic E-state index is 0.118. The van der Waals surface area contributed by atoms with Gasteiger partial charge in [0.05, 0.1) is 30.0 Å². The molecule has 0 saturated heterocycles. The number of anilines is 1. The van der Waals surface area contributed by atoms with Gasteiger partial charge in [0, 0.05) is 19.8 Å². The standard InChI is InChI=1S/C17H17N3O2/c1-19-11-18-14-10-12(8-9-15(14)19)20(2)17(21)13-6-4-5-7-16(13)22-3/h4-11H,1-3H3. The highest BCUT2D eigenvalue weighted by Crippen LogP contribution is 2.24. The van der Waals surface area contributed by atoms with Gasteiger partial charge in [0.15, 0.2) is 0 Å². The third-order valence-corrected chi connectivity index (χ3v) is 3.74. The number of rotatable bonds is 3. The molecule has 1 amide bonds. The molecule has 0 bridgehead atoms. The molecule has 112 valence electrons. The summed E-state index contributed by atoms with van der Waals surface area (Å²) in [6.07, 6.45) is 1.76. The van der Waals surface area contributed by atoms with Crippen molar-refractivity contribution in [3.05, 3.63) is 54.4 Å². The lowest BCUT2D eigenvalue weighted by Gasteiger charge is -2.18. The number of ether oxygens (including phenoxy) is 1. The third-order valence-electron chi connectivity index (χ3n) is 3.74. The van der Waals surface area contributed by atoms with Crippen LogP contribution in [-0.2, 0) is 7.05 Å². The Bertz CT molecular complexity index is 839. The van der Waals surface area contributed by atoms with E-state index in [-0.39, 0.29) is 5.91 Å². The van der Waals surface area contributed by atoms with E-state index in [0.29, 0.717) is 11.3 Å². The Morgan fingerprint density at radius 3 is 2.77 bits per heavy atom. The number of nitrogens with zero attached hydrogens (tertiary/aromatic N) is 3. The summed E-state index contributed by atoms with van der Waals surface area (Å²) in [5.41, 5.74) is 3.22. The average Bonchev–Trinajstić information content (AvgIpc) is 2.94. The smallest absolute Gasteiger partial charge is 0.261 e. The average molecular weight is 295 g/mol.